The number of hydrogen-bond acceptors (Lipinski definition) is 6. The molecule has 2 radical (unpaired) electrons. The minimum atomic E-state index is 0. The molecule has 0 aliphatic carbocycles. The maximum Gasteiger partial charge on any atom is 3.00 e. The first-order valence-electron chi connectivity index (χ1n) is 1.41. The zero-order valence-electron chi connectivity index (χ0n) is 6.55. The second kappa shape index (κ2) is 1480. The normalized spacial score (nSPS) is 1.71. The van der Waals surface area contributed by atoms with E-state index in [-0.39, 0.29) is 33.0 Å². The maximum atomic E-state index is 7.75. The fourth-order valence-corrected chi connectivity index (χ4v) is 0. The van der Waals surface area contributed by atoms with Gasteiger partial charge in [0.2, 0.25) is 0 Å². The van der Waals surface area contributed by atoms with Crippen molar-refractivity contribution in [3.05, 3.63) is 0 Å². The molecule has 14 heavy (non-hydrogen) atoms. The van der Waals surface area contributed by atoms with E-state index in [4.69, 9.17) is 28.8 Å². The van der Waals surface area contributed by atoms with E-state index in [2.05, 4.69) is 40.7 Å². The molecular formula is C6H6Ni2O6. The Morgan fingerprint density at radius 1 is 0.286 bits per heavy atom. The molecule has 0 atom stereocenters. The van der Waals surface area contributed by atoms with Crippen molar-refractivity contribution in [3.63, 3.8) is 0 Å². The molecule has 0 fully saturated rings. The average molecular weight is 291 g/mol. The van der Waals surface area contributed by atoms with Gasteiger partial charge in [0.15, 0.2) is 0 Å². The molecular weight excluding hydrogens is 285 g/mol. The quantitative estimate of drug-likeness (QED) is 0.301. The summed E-state index contributed by atoms with van der Waals surface area (Å²) < 4.78 is 0. The molecule has 0 rings (SSSR count). The third-order valence-corrected chi connectivity index (χ3v) is 0. The summed E-state index contributed by atoms with van der Waals surface area (Å²) in [6.45, 7) is 19.5. The molecule has 86 valence electrons. The molecule has 6 nitrogen and oxygen atoms in total. The largest absolute Gasteiger partial charge is 3.00 e. The third kappa shape index (κ3) is 1120. The van der Waals surface area contributed by atoms with Crippen LogP contribution in [0.1, 0.15) is 0 Å². The first kappa shape index (κ1) is 74.8. The summed E-state index contributed by atoms with van der Waals surface area (Å²) >= 11 is 0. The minimum absolute atomic E-state index is 0. The number of hydrogen-bond donors (Lipinski definition) is 0. The van der Waals surface area contributed by atoms with Crippen molar-refractivity contribution in [2.24, 2.45) is 0 Å². The van der Waals surface area contributed by atoms with Crippen LogP contribution in [0, 0.1) is 0 Å². The first-order chi connectivity index (χ1) is 6.00. The maximum absolute atomic E-state index is 7.75. The molecule has 0 spiro atoms. The second-order valence-corrected chi connectivity index (χ2v) is 0. The van der Waals surface area contributed by atoms with Crippen molar-refractivity contribution in [3.8, 4) is 0 Å². The van der Waals surface area contributed by atoms with E-state index in [9.17, 15) is 0 Å². The van der Waals surface area contributed by atoms with Gasteiger partial charge in [0, 0.05) is 0 Å². The van der Waals surface area contributed by atoms with Crippen LogP contribution in [-0.2, 0) is 61.8 Å². The molecule has 0 aromatic rings. The van der Waals surface area contributed by atoms with Gasteiger partial charge in [-0.1, -0.05) is 0 Å². The molecule has 8 heteroatoms. The molecule has 0 bridgehead atoms. The van der Waals surface area contributed by atoms with E-state index >= 15 is 0 Å². The van der Waals surface area contributed by atoms with Crippen LogP contribution in [-0.4, -0.2) is 40.7 Å². The monoisotopic (exact) mass is 290 g/mol. The zero-order chi connectivity index (χ0) is 12.0. The van der Waals surface area contributed by atoms with Crippen LogP contribution in [0.25, 0.3) is 0 Å². The minimum Gasteiger partial charge on any atom is -0.545 e. The molecule has 0 unspecified atom stereocenters. The molecule has 0 aromatic carbocycles. The van der Waals surface area contributed by atoms with Gasteiger partial charge in [-0.15, -0.1) is 0 Å². The third-order valence-electron chi connectivity index (χ3n) is 0. The van der Waals surface area contributed by atoms with Crippen LogP contribution < -0.4 is 0 Å². The van der Waals surface area contributed by atoms with Crippen LogP contribution in [0.2, 0.25) is 0 Å². The zero-order valence-corrected chi connectivity index (χ0v) is 8.52. The molecule has 0 heterocycles. The Kier molecular flexibility index (Phi) is 7880. The van der Waals surface area contributed by atoms with Gasteiger partial charge in [-0.25, -0.2) is 0 Å². The summed E-state index contributed by atoms with van der Waals surface area (Å²) in [5, 5.41) is 0. The molecule has 0 aliphatic heterocycles. The van der Waals surface area contributed by atoms with E-state index in [1.807, 2.05) is 0 Å². The summed E-state index contributed by atoms with van der Waals surface area (Å²) in [5.74, 6) is 0. The molecule has 0 saturated heterocycles. The fourth-order valence-electron chi connectivity index (χ4n) is 0. The number of rotatable bonds is 0. The van der Waals surface area contributed by atoms with Crippen molar-refractivity contribution in [1.29, 1.82) is 0 Å². The SMILES string of the molecule is [CH-]=O.[CH-]=O.[CH-]=O.[CH-]=O.[CH-]=O.[CH-]=O.[Ni+3].[Ni+3]. The topological polar surface area (TPSA) is 102 Å². The Balaban J connectivity index is -0.00000000500. The van der Waals surface area contributed by atoms with Gasteiger partial charge in [0.25, 0.3) is 0 Å². The molecule has 0 aliphatic rings. The molecule has 0 N–H and O–H groups in total. The van der Waals surface area contributed by atoms with Crippen LogP contribution >= 0.6 is 0 Å². The second-order valence-electron chi connectivity index (χ2n) is 0. The Morgan fingerprint density at radius 2 is 0.286 bits per heavy atom. The standard InChI is InChI=1S/6CHO.2Ni/c6*1-2;;/h6*1H;;/q6*-1;2*+3. The summed E-state index contributed by atoms with van der Waals surface area (Å²) in [7, 11) is 0. The van der Waals surface area contributed by atoms with E-state index in [1.165, 1.54) is 0 Å². The fraction of sp³-hybridized carbons (Fsp3) is 0. The van der Waals surface area contributed by atoms with Crippen molar-refractivity contribution in [2.75, 3.05) is 0 Å². The van der Waals surface area contributed by atoms with Crippen LogP contribution in [0.5, 0.6) is 0 Å². The molecule has 0 amide bonds. The van der Waals surface area contributed by atoms with E-state index < -0.39 is 0 Å². The summed E-state index contributed by atoms with van der Waals surface area (Å²) in [5.41, 5.74) is 0. The predicted molar refractivity (Wildman–Crippen MR) is 40.5 cm³/mol. The predicted octanol–water partition coefficient (Wildman–Crippen LogP) is -1.65. The van der Waals surface area contributed by atoms with Gasteiger partial charge in [-0.05, 0) is 0 Å². The van der Waals surface area contributed by atoms with Crippen LogP contribution in [0.3, 0.4) is 0 Å². The van der Waals surface area contributed by atoms with Crippen molar-refractivity contribution in [2.45, 2.75) is 0 Å². The van der Waals surface area contributed by atoms with E-state index in [1.54, 1.807) is 0 Å². The smallest absolute Gasteiger partial charge is 0.545 e. The Bertz CT molecular complexity index is 35.8. The number of carbonyl (C=O) groups excluding carboxylic acids is 6. The summed E-state index contributed by atoms with van der Waals surface area (Å²) in [4.78, 5) is 46.5. The van der Waals surface area contributed by atoms with E-state index in [0.29, 0.717) is 0 Å². The molecule has 0 aromatic heterocycles. The first-order valence-corrected chi connectivity index (χ1v) is 1.41. The van der Waals surface area contributed by atoms with E-state index in [0.717, 1.165) is 0 Å². The summed E-state index contributed by atoms with van der Waals surface area (Å²) in [6.07, 6.45) is 0. The van der Waals surface area contributed by atoms with Gasteiger partial charge in [-0.3, -0.25) is 40.7 Å². The van der Waals surface area contributed by atoms with Gasteiger partial charge < -0.3 is 28.8 Å². The van der Waals surface area contributed by atoms with Gasteiger partial charge in [0.05, 0.1) is 0 Å². The van der Waals surface area contributed by atoms with Gasteiger partial charge in [-0.2, -0.15) is 0 Å². The Morgan fingerprint density at radius 3 is 0.286 bits per heavy atom. The Labute approximate surface area is 103 Å². The van der Waals surface area contributed by atoms with Crippen LogP contribution in [0.15, 0.2) is 0 Å². The molecule has 0 saturated carbocycles. The Hall–Kier alpha value is -0.993. The summed E-state index contributed by atoms with van der Waals surface area (Å²) in [6, 6.07) is 0. The van der Waals surface area contributed by atoms with Crippen molar-refractivity contribution < 1.29 is 61.8 Å². The van der Waals surface area contributed by atoms with Gasteiger partial charge >= 0.3 is 33.0 Å². The van der Waals surface area contributed by atoms with Crippen molar-refractivity contribution in [1.82, 2.24) is 0 Å². The van der Waals surface area contributed by atoms with Crippen LogP contribution in [0.4, 0.5) is 0 Å². The average Bonchev–Trinajstić information content (AvgIpc) is 2.33. The van der Waals surface area contributed by atoms with Crippen molar-refractivity contribution >= 4 is 40.7 Å². The van der Waals surface area contributed by atoms with Gasteiger partial charge in [0.1, 0.15) is 0 Å².